The SMILES string of the molecule is CCCCCC(C)(C)c1cccc(CCCC)c1O. The molecule has 0 aliphatic carbocycles. The van der Waals surface area contributed by atoms with Crippen molar-refractivity contribution in [2.24, 2.45) is 0 Å². The van der Waals surface area contributed by atoms with E-state index in [0.29, 0.717) is 5.75 Å². The molecule has 0 atom stereocenters. The van der Waals surface area contributed by atoms with Crippen molar-refractivity contribution < 1.29 is 5.11 Å². The molecule has 1 rings (SSSR count). The molecule has 0 unspecified atom stereocenters. The van der Waals surface area contributed by atoms with Gasteiger partial charge in [0.05, 0.1) is 0 Å². The molecule has 0 saturated carbocycles. The molecule has 0 saturated heterocycles. The highest BCUT2D eigenvalue weighted by molar-refractivity contribution is 5.44. The number of benzene rings is 1. The second kappa shape index (κ2) is 7.57. The van der Waals surface area contributed by atoms with Gasteiger partial charge in [0.15, 0.2) is 0 Å². The lowest BCUT2D eigenvalue weighted by Crippen LogP contribution is -2.17. The van der Waals surface area contributed by atoms with Crippen molar-refractivity contribution in [1.82, 2.24) is 0 Å². The van der Waals surface area contributed by atoms with E-state index in [2.05, 4.69) is 45.9 Å². The maximum atomic E-state index is 10.5. The average molecular weight is 262 g/mol. The van der Waals surface area contributed by atoms with Crippen molar-refractivity contribution in [1.29, 1.82) is 0 Å². The molecule has 0 fully saturated rings. The minimum Gasteiger partial charge on any atom is -0.507 e. The van der Waals surface area contributed by atoms with Crippen LogP contribution in [0.15, 0.2) is 18.2 Å². The Balaban J connectivity index is 2.86. The summed E-state index contributed by atoms with van der Waals surface area (Å²) in [7, 11) is 0. The van der Waals surface area contributed by atoms with Crippen molar-refractivity contribution in [2.45, 2.75) is 78.1 Å². The Kier molecular flexibility index (Phi) is 6.41. The highest BCUT2D eigenvalue weighted by Gasteiger charge is 2.24. The Hall–Kier alpha value is -0.980. The maximum absolute atomic E-state index is 10.5. The summed E-state index contributed by atoms with van der Waals surface area (Å²) >= 11 is 0. The van der Waals surface area contributed by atoms with Gasteiger partial charge in [-0.2, -0.15) is 0 Å². The molecule has 1 N–H and O–H groups in total. The number of hydrogen-bond acceptors (Lipinski definition) is 1. The van der Waals surface area contributed by atoms with E-state index in [0.717, 1.165) is 30.4 Å². The van der Waals surface area contributed by atoms with Crippen LogP contribution in [0.5, 0.6) is 5.75 Å². The topological polar surface area (TPSA) is 20.2 Å². The number of para-hydroxylation sites is 1. The van der Waals surface area contributed by atoms with E-state index >= 15 is 0 Å². The standard InChI is InChI=1S/C18H30O/c1-5-7-9-14-18(3,4)16-13-10-12-15(17(16)19)11-8-6-2/h10,12-13,19H,5-9,11,14H2,1-4H3. The van der Waals surface area contributed by atoms with E-state index < -0.39 is 0 Å². The smallest absolute Gasteiger partial charge is 0.122 e. The van der Waals surface area contributed by atoms with Crippen LogP contribution >= 0.6 is 0 Å². The van der Waals surface area contributed by atoms with Gasteiger partial charge in [0.25, 0.3) is 0 Å². The van der Waals surface area contributed by atoms with Crippen LogP contribution in [0.4, 0.5) is 0 Å². The summed E-state index contributed by atoms with van der Waals surface area (Å²) in [5, 5.41) is 10.5. The second-order valence-electron chi connectivity index (χ2n) is 6.26. The third-order valence-corrected chi connectivity index (χ3v) is 4.05. The van der Waals surface area contributed by atoms with E-state index in [-0.39, 0.29) is 5.41 Å². The van der Waals surface area contributed by atoms with Crippen LogP contribution in [0.1, 0.15) is 77.3 Å². The van der Waals surface area contributed by atoms with Crippen LogP contribution in [0.3, 0.4) is 0 Å². The minimum absolute atomic E-state index is 0.0709. The molecular weight excluding hydrogens is 232 g/mol. The zero-order chi connectivity index (χ0) is 14.3. The third-order valence-electron chi connectivity index (χ3n) is 4.05. The first-order chi connectivity index (χ1) is 9.03. The second-order valence-corrected chi connectivity index (χ2v) is 6.26. The first-order valence-electron chi connectivity index (χ1n) is 7.84. The Labute approximate surface area is 119 Å². The monoisotopic (exact) mass is 262 g/mol. The Morgan fingerprint density at radius 3 is 2.32 bits per heavy atom. The van der Waals surface area contributed by atoms with Gasteiger partial charge in [-0.15, -0.1) is 0 Å². The summed E-state index contributed by atoms with van der Waals surface area (Å²) < 4.78 is 0. The number of phenols is 1. The van der Waals surface area contributed by atoms with Crippen LogP contribution in [0, 0.1) is 0 Å². The van der Waals surface area contributed by atoms with E-state index in [1.165, 1.54) is 25.7 Å². The van der Waals surface area contributed by atoms with E-state index in [1.807, 2.05) is 0 Å². The number of aryl methyl sites for hydroxylation is 1. The zero-order valence-electron chi connectivity index (χ0n) is 13.1. The van der Waals surface area contributed by atoms with E-state index in [9.17, 15) is 5.11 Å². The van der Waals surface area contributed by atoms with Gasteiger partial charge >= 0.3 is 0 Å². The van der Waals surface area contributed by atoms with Crippen LogP contribution in [0.2, 0.25) is 0 Å². The number of phenolic OH excluding ortho intramolecular Hbond substituents is 1. The van der Waals surface area contributed by atoms with Gasteiger partial charge < -0.3 is 5.11 Å². The Morgan fingerprint density at radius 2 is 1.68 bits per heavy atom. The van der Waals surface area contributed by atoms with Crippen LogP contribution in [-0.4, -0.2) is 5.11 Å². The highest BCUT2D eigenvalue weighted by Crippen LogP contribution is 2.37. The first-order valence-corrected chi connectivity index (χ1v) is 7.84. The molecule has 1 aromatic rings. The van der Waals surface area contributed by atoms with Gasteiger partial charge in [-0.05, 0) is 35.8 Å². The van der Waals surface area contributed by atoms with Gasteiger partial charge in [-0.25, -0.2) is 0 Å². The quantitative estimate of drug-likeness (QED) is 0.605. The van der Waals surface area contributed by atoms with Gasteiger partial charge in [0, 0.05) is 0 Å². The van der Waals surface area contributed by atoms with Gasteiger partial charge in [-0.1, -0.05) is 71.6 Å². The average Bonchev–Trinajstić information content (AvgIpc) is 2.37. The Bertz CT molecular complexity index is 379. The summed E-state index contributed by atoms with van der Waals surface area (Å²) in [6.07, 6.45) is 8.21. The highest BCUT2D eigenvalue weighted by atomic mass is 16.3. The normalized spacial score (nSPS) is 11.8. The maximum Gasteiger partial charge on any atom is 0.122 e. The Morgan fingerprint density at radius 1 is 1.00 bits per heavy atom. The molecule has 108 valence electrons. The molecule has 1 heteroatoms. The summed E-state index contributed by atoms with van der Waals surface area (Å²) in [5.41, 5.74) is 2.31. The number of rotatable bonds is 8. The number of hydrogen-bond donors (Lipinski definition) is 1. The number of unbranched alkanes of at least 4 members (excludes halogenated alkanes) is 3. The molecular formula is C18H30O. The predicted molar refractivity (Wildman–Crippen MR) is 83.9 cm³/mol. The van der Waals surface area contributed by atoms with E-state index in [4.69, 9.17) is 0 Å². The van der Waals surface area contributed by atoms with Crippen molar-refractivity contribution in [2.75, 3.05) is 0 Å². The molecule has 0 radical (unpaired) electrons. The fraction of sp³-hybridized carbons (Fsp3) is 0.667. The summed E-state index contributed by atoms with van der Waals surface area (Å²) in [5.74, 6) is 0.539. The zero-order valence-corrected chi connectivity index (χ0v) is 13.1. The lowest BCUT2D eigenvalue weighted by atomic mass is 9.78. The summed E-state index contributed by atoms with van der Waals surface area (Å²) in [4.78, 5) is 0. The van der Waals surface area contributed by atoms with Crippen LogP contribution < -0.4 is 0 Å². The fourth-order valence-corrected chi connectivity index (χ4v) is 2.66. The molecule has 0 heterocycles. The molecule has 19 heavy (non-hydrogen) atoms. The number of aromatic hydroxyl groups is 1. The summed E-state index contributed by atoms with van der Waals surface area (Å²) in [6.45, 7) is 8.92. The summed E-state index contributed by atoms with van der Waals surface area (Å²) in [6, 6.07) is 6.26. The molecule has 0 aliphatic rings. The van der Waals surface area contributed by atoms with Crippen molar-refractivity contribution in [3.05, 3.63) is 29.3 Å². The lowest BCUT2D eigenvalue weighted by Gasteiger charge is -2.27. The molecule has 0 bridgehead atoms. The fourth-order valence-electron chi connectivity index (χ4n) is 2.66. The van der Waals surface area contributed by atoms with Crippen molar-refractivity contribution in [3.63, 3.8) is 0 Å². The van der Waals surface area contributed by atoms with Crippen molar-refractivity contribution in [3.8, 4) is 5.75 Å². The molecule has 0 aromatic heterocycles. The van der Waals surface area contributed by atoms with Crippen molar-refractivity contribution >= 4 is 0 Å². The largest absolute Gasteiger partial charge is 0.507 e. The predicted octanol–water partition coefficient (Wildman–Crippen LogP) is 5.59. The van der Waals surface area contributed by atoms with Crippen LogP contribution in [0.25, 0.3) is 0 Å². The molecule has 0 amide bonds. The molecule has 1 nitrogen and oxygen atoms in total. The lowest BCUT2D eigenvalue weighted by molar-refractivity contribution is 0.404. The molecule has 1 aromatic carbocycles. The minimum atomic E-state index is 0.0709. The van der Waals surface area contributed by atoms with Crippen LogP contribution in [-0.2, 0) is 11.8 Å². The molecule has 0 spiro atoms. The first kappa shape index (κ1) is 16.1. The molecule has 0 aliphatic heterocycles. The van der Waals surface area contributed by atoms with Gasteiger partial charge in [-0.3, -0.25) is 0 Å². The van der Waals surface area contributed by atoms with Gasteiger partial charge in [0.1, 0.15) is 5.75 Å². The van der Waals surface area contributed by atoms with Gasteiger partial charge in [0.2, 0.25) is 0 Å². The third kappa shape index (κ3) is 4.56. The van der Waals surface area contributed by atoms with E-state index in [1.54, 1.807) is 0 Å².